The van der Waals surface area contributed by atoms with Crippen LogP contribution in [0.15, 0.2) is 40.2 Å². The zero-order chi connectivity index (χ0) is 13.7. The van der Waals surface area contributed by atoms with Crippen LogP contribution in [-0.4, -0.2) is 12.4 Å². The third-order valence-electron chi connectivity index (χ3n) is 3.04. The Bertz CT molecular complexity index is 524. The molecule has 0 aliphatic rings. The first-order valence-electron chi connectivity index (χ1n) is 6.13. The highest BCUT2D eigenvalue weighted by atomic mass is 79.9. The number of hydrogen-bond donors (Lipinski definition) is 0. The predicted octanol–water partition coefficient (Wildman–Crippen LogP) is 5.32. The minimum absolute atomic E-state index is 0.599. The standard InChI is InChI=1S/C15H16Br2OS/c1-18-13-4-2-3-11(8-13)7-12(10-16)9-15-14(17)5-6-19-15/h2-6,8,12H,7,9-10H2,1H3. The summed E-state index contributed by atoms with van der Waals surface area (Å²) in [7, 11) is 1.71. The fourth-order valence-electron chi connectivity index (χ4n) is 2.05. The van der Waals surface area contributed by atoms with Gasteiger partial charge in [-0.3, -0.25) is 0 Å². The van der Waals surface area contributed by atoms with E-state index in [1.807, 2.05) is 17.4 Å². The molecule has 0 bridgehead atoms. The van der Waals surface area contributed by atoms with Crippen molar-refractivity contribution < 1.29 is 4.74 Å². The highest BCUT2D eigenvalue weighted by Gasteiger charge is 2.12. The van der Waals surface area contributed by atoms with E-state index in [0.717, 1.165) is 23.9 Å². The molecule has 0 spiro atoms. The molecule has 0 aliphatic carbocycles. The maximum atomic E-state index is 5.28. The predicted molar refractivity (Wildman–Crippen MR) is 89.7 cm³/mol. The zero-order valence-corrected chi connectivity index (χ0v) is 14.7. The summed E-state index contributed by atoms with van der Waals surface area (Å²) >= 11 is 9.06. The summed E-state index contributed by atoms with van der Waals surface area (Å²) in [5.74, 6) is 1.53. The fourth-order valence-corrected chi connectivity index (χ4v) is 4.14. The molecule has 0 fully saturated rings. The van der Waals surface area contributed by atoms with Gasteiger partial charge in [0.15, 0.2) is 0 Å². The Labute approximate surface area is 135 Å². The van der Waals surface area contributed by atoms with Crippen molar-refractivity contribution in [2.75, 3.05) is 12.4 Å². The lowest BCUT2D eigenvalue weighted by atomic mass is 9.97. The van der Waals surface area contributed by atoms with Crippen LogP contribution in [0.5, 0.6) is 5.75 Å². The average molecular weight is 404 g/mol. The Kier molecular flexibility index (Phi) is 5.92. The van der Waals surface area contributed by atoms with Gasteiger partial charge < -0.3 is 4.74 Å². The van der Waals surface area contributed by atoms with Crippen molar-refractivity contribution in [2.45, 2.75) is 12.8 Å². The van der Waals surface area contributed by atoms with Crippen molar-refractivity contribution >= 4 is 43.2 Å². The highest BCUT2D eigenvalue weighted by molar-refractivity contribution is 9.10. The molecule has 0 radical (unpaired) electrons. The Balaban J connectivity index is 2.04. The average Bonchev–Trinajstić information content (AvgIpc) is 2.83. The van der Waals surface area contributed by atoms with E-state index >= 15 is 0 Å². The van der Waals surface area contributed by atoms with Crippen LogP contribution in [-0.2, 0) is 12.8 Å². The van der Waals surface area contributed by atoms with Crippen molar-refractivity contribution in [2.24, 2.45) is 5.92 Å². The van der Waals surface area contributed by atoms with E-state index in [1.54, 1.807) is 7.11 Å². The second-order valence-corrected chi connectivity index (χ2v) is 6.97. The molecule has 0 saturated carbocycles. The smallest absolute Gasteiger partial charge is 0.119 e. The van der Waals surface area contributed by atoms with Gasteiger partial charge in [-0.15, -0.1) is 11.3 Å². The Morgan fingerprint density at radius 1 is 1.26 bits per heavy atom. The minimum atomic E-state index is 0.599. The van der Waals surface area contributed by atoms with Gasteiger partial charge in [0.05, 0.1) is 7.11 Å². The number of alkyl halides is 1. The van der Waals surface area contributed by atoms with Gasteiger partial charge in [0.2, 0.25) is 0 Å². The van der Waals surface area contributed by atoms with E-state index in [9.17, 15) is 0 Å². The number of ether oxygens (including phenoxy) is 1. The van der Waals surface area contributed by atoms with Crippen molar-refractivity contribution in [3.05, 3.63) is 50.6 Å². The number of rotatable bonds is 6. The van der Waals surface area contributed by atoms with E-state index in [2.05, 4.69) is 61.5 Å². The minimum Gasteiger partial charge on any atom is -0.497 e. The third-order valence-corrected chi connectivity index (χ3v) is 5.91. The van der Waals surface area contributed by atoms with Crippen LogP contribution in [0.4, 0.5) is 0 Å². The molecule has 19 heavy (non-hydrogen) atoms. The molecule has 1 atom stereocenters. The molecule has 1 unspecified atom stereocenters. The molecule has 102 valence electrons. The van der Waals surface area contributed by atoms with Crippen LogP contribution in [0.1, 0.15) is 10.4 Å². The van der Waals surface area contributed by atoms with Crippen LogP contribution < -0.4 is 4.74 Å². The molecule has 0 saturated heterocycles. The summed E-state index contributed by atoms with van der Waals surface area (Å²) < 4.78 is 6.51. The maximum absolute atomic E-state index is 5.28. The first-order chi connectivity index (χ1) is 9.22. The second kappa shape index (κ2) is 7.46. The summed E-state index contributed by atoms with van der Waals surface area (Å²) in [5, 5.41) is 3.14. The topological polar surface area (TPSA) is 9.23 Å². The van der Waals surface area contributed by atoms with Crippen LogP contribution in [0, 0.1) is 5.92 Å². The Morgan fingerprint density at radius 2 is 2.11 bits per heavy atom. The fraction of sp³-hybridized carbons (Fsp3) is 0.333. The molecule has 0 amide bonds. The summed E-state index contributed by atoms with van der Waals surface area (Å²) in [5.41, 5.74) is 1.33. The molecular formula is C15H16Br2OS. The third kappa shape index (κ3) is 4.33. The summed E-state index contributed by atoms with van der Waals surface area (Å²) in [4.78, 5) is 1.42. The van der Waals surface area contributed by atoms with E-state index in [1.165, 1.54) is 14.9 Å². The van der Waals surface area contributed by atoms with E-state index < -0.39 is 0 Å². The van der Waals surface area contributed by atoms with Gasteiger partial charge in [0.1, 0.15) is 5.75 Å². The normalized spacial score (nSPS) is 12.4. The zero-order valence-electron chi connectivity index (χ0n) is 10.7. The molecule has 1 heterocycles. The van der Waals surface area contributed by atoms with Gasteiger partial charge in [-0.1, -0.05) is 28.1 Å². The lowest BCUT2D eigenvalue weighted by molar-refractivity contribution is 0.414. The van der Waals surface area contributed by atoms with Gasteiger partial charge in [0.25, 0.3) is 0 Å². The Morgan fingerprint density at radius 3 is 2.74 bits per heavy atom. The summed E-state index contributed by atoms with van der Waals surface area (Å²) in [6, 6.07) is 10.5. The molecule has 0 aliphatic heterocycles. The SMILES string of the molecule is COc1cccc(CC(CBr)Cc2sccc2Br)c1. The van der Waals surface area contributed by atoms with E-state index in [-0.39, 0.29) is 0 Å². The molecule has 4 heteroatoms. The Hall–Kier alpha value is -0.320. The van der Waals surface area contributed by atoms with Crippen molar-refractivity contribution in [3.8, 4) is 5.75 Å². The number of methoxy groups -OCH3 is 1. The van der Waals surface area contributed by atoms with Crippen LogP contribution in [0.25, 0.3) is 0 Å². The van der Waals surface area contributed by atoms with Gasteiger partial charge in [-0.25, -0.2) is 0 Å². The lowest BCUT2D eigenvalue weighted by Gasteiger charge is -2.14. The van der Waals surface area contributed by atoms with Crippen molar-refractivity contribution in [3.63, 3.8) is 0 Å². The molecule has 2 aromatic rings. The largest absolute Gasteiger partial charge is 0.497 e. The quantitative estimate of drug-likeness (QED) is 0.593. The molecule has 1 aromatic heterocycles. The van der Waals surface area contributed by atoms with Gasteiger partial charge >= 0.3 is 0 Å². The van der Waals surface area contributed by atoms with Gasteiger partial charge in [-0.2, -0.15) is 0 Å². The molecular weight excluding hydrogens is 388 g/mol. The highest BCUT2D eigenvalue weighted by Crippen LogP contribution is 2.28. The molecule has 2 rings (SSSR count). The van der Waals surface area contributed by atoms with Crippen LogP contribution >= 0.6 is 43.2 Å². The van der Waals surface area contributed by atoms with Crippen molar-refractivity contribution in [1.82, 2.24) is 0 Å². The monoisotopic (exact) mass is 402 g/mol. The van der Waals surface area contributed by atoms with Gasteiger partial charge in [0, 0.05) is 14.7 Å². The first-order valence-corrected chi connectivity index (χ1v) is 8.93. The lowest BCUT2D eigenvalue weighted by Crippen LogP contribution is -2.09. The van der Waals surface area contributed by atoms with Crippen molar-refractivity contribution in [1.29, 1.82) is 0 Å². The molecule has 1 nitrogen and oxygen atoms in total. The maximum Gasteiger partial charge on any atom is 0.119 e. The van der Waals surface area contributed by atoms with Crippen LogP contribution in [0.3, 0.4) is 0 Å². The molecule has 0 N–H and O–H groups in total. The number of benzene rings is 1. The number of thiophene rings is 1. The van der Waals surface area contributed by atoms with Crippen LogP contribution in [0.2, 0.25) is 0 Å². The van der Waals surface area contributed by atoms with E-state index in [4.69, 9.17) is 4.74 Å². The molecule has 1 aromatic carbocycles. The second-order valence-electron chi connectivity index (χ2n) is 4.47. The van der Waals surface area contributed by atoms with Gasteiger partial charge in [-0.05, 0) is 63.8 Å². The number of hydrogen-bond acceptors (Lipinski definition) is 2. The van der Waals surface area contributed by atoms with E-state index in [0.29, 0.717) is 5.92 Å². The first kappa shape index (κ1) is 15.1. The summed E-state index contributed by atoms with van der Waals surface area (Å²) in [6.45, 7) is 0. The number of halogens is 2. The summed E-state index contributed by atoms with van der Waals surface area (Å²) in [6.07, 6.45) is 2.16.